The average molecular weight is 632 g/mol. The Hall–Kier alpha value is -5.46. The topological polar surface area (TPSA) is 124 Å². The van der Waals surface area contributed by atoms with E-state index >= 15 is 0 Å². The number of fused-ring (bicyclic) bond motifs is 4. The summed E-state index contributed by atoms with van der Waals surface area (Å²) in [6, 6.07) is 24.7. The predicted molar refractivity (Wildman–Crippen MR) is 174 cm³/mol. The zero-order valence-electron chi connectivity index (χ0n) is 25.1. The molecule has 9 nitrogen and oxygen atoms in total. The molecule has 0 saturated carbocycles. The van der Waals surface area contributed by atoms with Crippen molar-refractivity contribution in [3.8, 4) is 34.0 Å². The molecule has 1 unspecified atom stereocenters. The number of esters is 1. The highest BCUT2D eigenvalue weighted by molar-refractivity contribution is 6.31. The summed E-state index contributed by atoms with van der Waals surface area (Å²) in [4.78, 5) is 24.9. The largest absolute Gasteiger partial charge is 0.618 e. The van der Waals surface area contributed by atoms with Crippen molar-refractivity contribution in [3.63, 3.8) is 0 Å². The molecule has 0 fully saturated rings. The molecule has 0 spiro atoms. The van der Waals surface area contributed by atoms with Gasteiger partial charge in [-0.15, -0.1) is 0 Å². The van der Waals surface area contributed by atoms with Gasteiger partial charge in [0.15, 0.2) is 11.9 Å². The molecule has 6 rings (SSSR count). The van der Waals surface area contributed by atoms with Crippen molar-refractivity contribution in [2.75, 3.05) is 12.4 Å². The quantitative estimate of drug-likeness (QED) is 0.130. The van der Waals surface area contributed by atoms with E-state index in [0.29, 0.717) is 58.0 Å². The number of nitrogens with zero attached hydrogens (tertiary/aromatic N) is 4. The van der Waals surface area contributed by atoms with E-state index in [1.165, 1.54) is 13.3 Å². The van der Waals surface area contributed by atoms with Crippen LogP contribution in [0.3, 0.4) is 0 Å². The number of amides is 1. The van der Waals surface area contributed by atoms with Gasteiger partial charge in [-0.2, -0.15) is 15.1 Å². The Bertz CT molecular complexity index is 2000. The predicted octanol–water partition coefficient (Wildman–Crippen LogP) is 6.72. The fourth-order valence-electron chi connectivity index (χ4n) is 5.92. The third kappa shape index (κ3) is 6.48. The number of nitrogens with one attached hydrogen (secondary N) is 1. The molecule has 1 amide bonds. The lowest BCUT2D eigenvalue weighted by atomic mass is 9.87. The minimum Gasteiger partial charge on any atom is -0.618 e. The van der Waals surface area contributed by atoms with Crippen molar-refractivity contribution in [3.05, 3.63) is 124 Å². The van der Waals surface area contributed by atoms with Gasteiger partial charge in [0, 0.05) is 46.1 Å². The summed E-state index contributed by atoms with van der Waals surface area (Å²) >= 11 is 6.37. The van der Waals surface area contributed by atoms with E-state index in [0.717, 1.165) is 33.4 Å². The van der Waals surface area contributed by atoms with Crippen LogP contribution in [-0.4, -0.2) is 28.8 Å². The zero-order valence-corrected chi connectivity index (χ0v) is 25.8. The first-order valence-corrected chi connectivity index (χ1v) is 15.3. The summed E-state index contributed by atoms with van der Waals surface area (Å²) in [6.45, 7) is 0. The highest BCUT2D eigenvalue weighted by atomic mass is 35.5. The molecule has 2 aromatic heterocycles. The zero-order chi connectivity index (χ0) is 32.2. The van der Waals surface area contributed by atoms with E-state index in [4.69, 9.17) is 16.3 Å². The van der Waals surface area contributed by atoms with Crippen LogP contribution in [0.1, 0.15) is 54.0 Å². The van der Waals surface area contributed by atoms with E-state index in [-0.39, 0.29) is 24.2 Å². The summed E-state index contributed by atoms with van der Waals surface area (Å²) < 4.78 is 7.33. The summed E-state index contributed by atoms with van der Waals surface area (Å²) in [7, 11) is 1.35. The highest BCUT2D eigenvalue weighted by Gasteiger charge is 2.25. The third-order valence-electron chi connectivity index (χ3n) is 8.21. The maximum Gasteiger partial charge on any atom is 0.309 e. The van der Waals surface area contributed by atoms with Crippen molar-refractivity contribution >= 4 is 29.2 Å². The average Bonchev–Trinajstić information content (AvgIpc) is 3.54. The molecule has 0 radical (unpaired) electrons. The van der Waals surface area contributed by atoms with Gasteiger partial charge in [-0.25, -0.2) is 4.68 Å². The van der Waals surface area contributed by atoms with Gasteiger partial charge in [-0.05, 0) is 59.9 Å². The summed E-state index contributed by atoms with van der Waals surface area (Å²) in [5.41, 5.74) is 7.09. The van der Waals surface area contributed by atoms with E-state index in [1.54, 1.807) is 35.3 Å². The second kappa shape index (κ2) is 13.3. The van der Waals surface area contributed by atoms with Gasteiger partial charge >= 0.3 is 5.97 Å². The van der Waals surface area contributed by atoms with E-state index < -0.39 is 0 Å². The summed E-state index contributed by atoms with van der Waals surface area (Å²) in [5, 5.41) is 30.9. The molecule has 1 atom stereocenters. The first-order chi connectivity index (χ1) is 22.3. The number of ether oxygens (including phenoxy) is 1. The van der Waals surface area contributed by atoms with Crippen LogP contribution >= 0.6 is 11.6 Å². The molecule has 10 heteroatoms. The highest BCUT2D eigenvalue weighted by Crippen LogP contribution is 2.36. The molecule has 46 heavy (non-hydrogen) atoms. The van der Waals surface area contributed by atoms with Gasteiger partial charge < -0.3 is 15.3 Å². The number of carbonyl (C=O) groups excluding carboxylic acids is 2. The number of hydrogen-bond acceptors (Lipinski definition) is 6. The molecule has 230 valence electrons. The number of carbonyl (C=O) groups is 2. The smallest absolute Gasteiger partial charge is 0.309 e. The molecular weight excluding hydrogens is 602 g/mol. The Morgan fingerprint density at radius 3 is 2.76 bits per heavy atom. The first-order valence-electron chi connectivity index (χ1n) is 14.9. The Kier molecular flexibility index (Phi) is 8.81. The number of aromatic nitrogens is 3. The molecule has 0 saturated heterocycles. The first kappa shape index (κ1) is 30.6. The molecule has 0 aliphatic carbocycles. The van der Waals surface area contributed by atoms with Crippen molar-refractivity contribution < 1.29 is 19.1 Å². The van der Waals surface area contributed by atoms with Crippen LogP contribution in [0.25, 0.3) is 27.9 Å². The van der Waals surface area contributed by atoms with Gasteiger partial charge in [0.2, 0.25) is 5.91 Å². The molecule has 5 aromatic rings. The summed E-state index contributed by atoms with van der Waals surface area (Å²) in [5.74, 6) is -0.689. The monoisotopic (exact) mass is 631 g/mol. The second-order valence-electron chi connectivity index (χ2n) is 11.2. The molecule has 2 bridgehead atoms. The second-order valence-corrected chi connectivity index (χ2v) is 11.7. The molecule has 1 aliphatic rings. The minimum absolute atomic E-state index is 0.0980. The molecule has 3 heterocycles. The van der Waals surface area contributed by atoms with Gasteiger partial charge in [0.25, 0.3) is 0 Å². The summed E-state index contributed by atoms with van der Waals surface area (Å²) in [6.07, 6.45) is 7.14. The van der Waals surface area contributed by atoms with Crippen LogP contribution in [-0.2, 0) is 20.7 Å². The number of rotatable bonds is 5. The van der Waals surface area contributed by atoms with Crippen LogP contribution in [0.4, 0.5) is 5.69 Å². The maximum atomic E-state index is 13.8. The van der Waals surface area contributed by atoms with Crippen molar-refractivity contribution in [2.24, 2.45) is 0 Å². The number of methoxy groups -OCH3 is 1. The van der Waals surface area contributed by atoms with Crippen molar-refractivity contribution in [1.82, 2.24) is 9.78 Å². The van der Waals surface area contributed by atoms with Crippen LogP contribution in [0.15, 0.2) is 91.4 Å². The van der Waals surface area contributed by atoms with E-state index in [1.807, 2.05) is 48.5 Å². The number of benzene rings is 3. The standard InChI is InChI=1S/C36H30ClN5O4/c1-46-36(44)16-23-9-12-29-25-5-4-6-26(17-25)30(7-2-3-8-35(43)40-32(29)15-23)34-13-10-27(22-42(34)45)31-18-28(37)11-14-33(31)41-21-24(19-38)20-39-41/h4-6,9-15,17-18,20-22,30H,2-3,7-8,16H2,1H3,(H,40,43). The van der Waals surface area contributed by atoms with Crippen LogP contribution in [0.5, 0.6) is 0 Å². The van der Waals surface area contributed by atoms with E-state index in [9.17, 15) is 20.1 Å². The van der Waals surface area contributed by atoms with Crippen LogP contribution < -0.4 is 10.0 Å². The lowest BCUT2D eigenvalue weighted by molar-refractivity contribution is -0.614. The van der Waals surface area contributed by atoms with Crippen LogP contribution in [0, 0.1) is 16.5 Å². The number of pyridine rings is 1. The van der Waals surface area contributed by atoms with Gasteiger partial charge in [-0.1, -0.05) is 54.4 Å². The van der Waals surface area contributed by atoms with Crippen molar-refractivity contribution in [1.29, 1.82) is 5.26 Å². The normalized spacial score (nSPS) is 14.6. The maximum absolute atomic E-state index is 13.8. The van der Waals surface area contributed by atoms with Gasteiger partial charge in [-0.3, -0.25) is 9.59 Å². The SMILES string of the molecule is COC(=O)Cc1ccc2c(c1)NC(=O)CCCCC(c1ccc(-c3cc(Cl)ccc3-n3cc(C#N)cn3)c[n+]1[O-])c1cccc-2c1. The number of hydrogen-bond donors (Lipinski definition) is 1. The number of nitriles is 1. The fraction of sp³-hybridized carbons (Fsp3) is 0.194. The lowest BCUT2D eigenvalue weighted by Gasteiger charge is -2.20. The fourth-order valence-corrected chi connectivity index (χ4v) is 6.10. The van der Waals surface area contributed by atoms with Gasteiger partial charge in [0.05, 0.1) is 36.9 Å². The Morgan fingerprint density at radius 1 is 1.11 bits per heavy atom. The molecular formula is C36H30ClN5O4. The molecule has 1 N–H and O–H groups in total. The van der Waals surface area contributed by atoms with Crippen LogP contribution in [0.2, 0.25) is 5.02 Å². The number of halogens is 1. The third-order valence-corrected chi connectivity index (χ3v) is 8.45. The minimum atomic E-state index is -0.359. The van der Waals surface area contributed by atoms with Crippen molar-refractivity contribution in [2.45, 2.75) is 38.0 Å². The van der Waals surface area contributed by atoms with E-state index in [2.05, 4.69) is 22.6 Å². The molecule has 3 aromatic carbocycles. The lowest BCUT2D eigenvalue weighted by Crippen LogP contribution is -2.33. The van der Waals surface area contributed by atoms with Gasteiger partial charge in [0.1, 0.15) is 6.07 Å². The number of anilines is 1. The Morgan fingerprint density at radius 2 is 1.98 bits per heavy atom. The Labute approximate surface area is 271 Å². The Balaban J connectivity index is 1.39. The molecule has 1 aliphatic heterocycles.